The lowest BCUT2D eigenvalue weighted by Crippen LogP contribution is -2.28. The van der Waals surface area contributed by atoms with Crippen LogP contribution >= 0.6 is 0 Å². The lowest BCUT2D eigenvalue weighted by atomic mass is 10.0. The zero-order valence-electron chi connectivity index (χ0n) is 15.0. The minimum absolute atomic E-state index is 0.00106. The van der Waals surface area contributed by atoms with E-state index in [0.717, 1.165) is 22.5 Å². The molecule has 0 saturated carbocycles. The lowest BCUT2D eigenvalue weighted by Gasteiger charge is -2.18. The molecule has 1 heterocycles. The first-order chi connectivity index (χ1) is 12.0. The summed E-state index contributed by atoms with van der Waals surface area (Å²) in [6.45, 7) is 6.64. The molecule has 25 heavy (non-hydrogen) atoms. The number of carbonyl (C=O) groups is 2. The summed E-state index contributed by atoms with van der Waals surface area (Å²) < 4.78 is 0. The van der Waals surface area contributed by atoms with Crippen LogP contribution in [0.5, 0.6) is 0 Å². The molecule has 4 heteroatoms. The van der Waals surface area contributed by atoms with Crippen molar-refractivity contribution in [3.63, 3.8) is 0 Å². The molecular weight excluding hydrogens is 312 g/mol. The normalized spacial score (nSPS) is 17.2. The minimum atomic E-state index is -0.325. The summed E-state index contributed by atoms with van der Waals surface area (Å²) in [5.74, 6) is -0.0861. The summed E-state index contributed by atoms with van der Waals surface area (Å²) >= 11 is 0. The van der Waals surface area contributed by atoms with Crippen LogP contribution < -0.4 is 10.2 Å². The molecule has 3 rings (SSSR count). The molecule has 1 aliphatic heterocycles. The third-order valence-electron chi connectivity index (χ3n) is 4.68. The van der Waals surface area contributed by atoms with E-state index in [0.29, 0.717) is 12.5 Å². The van der Waals surface area contributed by atoms with Gasteiger partial charge in [-0.3, -0.25) is 9.59 Å². The van der Waals surface area contributed by atoms with Crippen LogP contribution in [0.25, 0.3) is 0 Å². The van der Waals surface area contributed by atoms with Gasteiger partial charge in [0.15, 0.2) is 0 Å². The number of hydrogen-bond donors (Lipinski definition) is 1. The summed E-state index contributed by atoms with van der Waals surface area (Å²) in [5, 5.41) is 3.02. The highest BCUT2D eigenvalue weighted by atomic mass is 16.2. The first-order valence-corrected chi connectivity index (χ1v) is 8.72. The van der Waals surface area contributed by atoms with E-state index in [1.165, 1.54) is 0 Å². The Morgan fingerprint density at radius 1 is 1.12 bits per heavy atom. The van der Waals surface area contributed by atoms with Crippen molar-refractivity contribution < 1.29 is 9.59 Å². The van der Waals surface area contributed by atoms with Crippen molar-refractivity contribution in [1.29, 1.82) is 0 Å². The Labute approximate surface area is 148 Å². The molecule has 0 spiro atoms. The predicted octanol–water partition coefficient (Wildman–Crippen LogP) is 4.11. The summed E-state index contributed by atoms with van der Waals surface area (Å²) in [6.07, 6.45) is 0.254. The van der Waals surface area contributed by atoms with E-state index in [9.17, 15) is 9.59 Å². The molecule has 0 bridgehead atoms. The molecule has 0 radical (unpaired) electrons. The predicted molar refractivity (Wildman–Crippen MR) is 101 cm³/mol. The van der Waals surface area contributed by atoms with Crippen LogP contribution in [-0.2, 0) is 9.59 Å². The van der Waals surface area contributed by atoms with Crippen molar-refractivity contribution in [3.05, 3.63) is 59.7 Å². The highest BCUT2D eigenvalue weighted by molar-refractivity contribution is 6.03. The standard InChI is InChI=1S/C21H24N2O2/c1-14(2)18-6-4-5-7-19(18)22-21(25)16-12-20(24)23(13-16)17-10-8-15(3)9-11-17/h4-11,14,16H,12-13H2,1-3H3,(H,22,25)/t16-/m0/s1. The average Bonchev–Trinajstić information content (AvgIpc) is 2.98. The number of carbonyl (C=O) groups excluding carboxylic acids is 2. The molecular formula is C21H24N2O2. The monoisotopic (exact) mass is 336 g/mol. The van der Waals surface area contributed by atoms with Gasteiger partial charge in [-0.1, -0.05) is 49.7 Å². The largest absolute Gasteiger partial charge is 0.326 e. The molecule has 2 aromatic rings. The van der Waals surface area contributed by atoms with Gasteiger partial charge in [-0.05, 0) is 36.6 Å². The Balaban J connectivity index is 1.72. The van der Waals surface area contributed by atoms with Gasteiger partial charge in [0.05, 0.1) is 5.92 Å². The fraction of sp³-hybridized carbons (Fsp3) is 0.333. The topological polar surface area (TPSA) is 49.4 Å². The molecule has 4 nitrogen and oxygen atoms in total. The van der Waals surface area contributed by atoms with Crippen LogP contribution in [0.4, 0.5) is 11.4 Å². The number of para-hydroxylation sites is 1. The van der Waals surface area contributed by atoms with E-state index in [-0.39, 0.29) is 24.2 Å². The fourth-order valence-electron chi connectivity index (χ4n) is 3.21. The smallest absolute Gasteiger partial charge is 0.229 e. The van der Waals surface area contributed by atoms with Gasteiger partial charge in [0, 0.05) is 24.3 Å². The second-order valence-corrected chi connectivity index (χ2v) is 6.97. The number of nitrogens with zero attached hydrogens (tertiary/aromatic N) is 1. The Morgan fingerprint density at radius 3 is 2.48 bits per heavy atom. The van der Waals surface area contributed by atoms with E-state index >= 15 is 0 Å². The number of anilines is 2. The van der Waals surface area contributed by atoms with Crippen LogP contribution in [0.2, 0.25) is 0 Å². The Bertz CT molecular complexity index is 781. The second-order valence-electron chi connectivity index (χ2n) is 6.97. The maximum absolute atomic E-state index is 12.7. The first kappa shape index (κ1) is 17.2. The Kier molecular flexibility index (Phi) is 4.88. The molecule has 1 N–H and O–H groups in total. The zero-order valence-corrected chi connectivity index (χ0v) is 15.0. The van der Waals surface area contributed by atoms with Crippen molar-refractivity contribution in [2.24, 2.45) is 5.92 Å². The van der Waals surface area contributed by atoms with E-state index < -0.39 is 0 Å². The van der Waals surface area contributed by atoms with Crippen LogP contribution in [0.1, 0.15) is 37.3 Å². The van der Waals surface area contributed by atoms with Crippen molar-refractivity contribution >= 4 is 23.2 Å². The first-order valence-electron chi connectivity index (χ1n) is 8.72. The van der Waals surface area contributed by atoms with Crippen molar-refractivity contribution in [2.45, 2.75) is 33.1 Å². The third kappa shape index (κ3) is 3.73. The molecule has 0 aromatic heterocycles. The van der Waals surface area contributed by atoms with Gasteiger partial charge < -0.3 is 10.2 Å². The zero-order chi connectivity index (χ0) is 18.0. The third-order valence-corrected chi connectivity index (χ3v) is 4.68. The van der Waals surface area contributed by atoms with Gasteiger partial charge in [0.25, 0.3) is 0 Å². The number of hydrogen-bond acceptors (Lipinski definition) is 2. The molecule has 2 aromatic carbocycles. The number of amides is 2. The van der Waals surface area contributed by atoms with Gasteiger partial charge in [0.1, 0.15) is 0 Å². The fourth-order valence-corrected chi connectivity index (χ4v) is 3.21. The molecule has 1 aliphatic rings. The minimum Gasteiger partial charge on any atom is -0.326 e. The molecule has 130 valence electrons. The summed E-state index contributed by atoms with van der Waals surface area (Å²) in [5.41, 5.74) is 3.95. The SMILES string of the molecule is Cc1ccc(N2C[C@@H](C(=O)Nc3ccccc3C(C)C)CC2=O)cc1. The summed E-state index contributed by atoms with van der Waals surface area (Å²) in [7, 11) is 0. The van der Waals surface area contributed by atoms with Gasteiger partial charge >= 0.3 is 0 Å². The quantitative estimate of drug-likeness (QED) is 0.913. The van der Waals surface area contributed by atoms with Crippen molar-refractivity contribution in [3.8, 4) is 0 Å². The van der Waals surface area contributed by atoms with Crippen LogP contribution in [0.15, 0.2) is 48.5 Å². The maximum atomic E-state index is 12.7. The van der Waals surface area contributed by atoms with E-state index in [4.69, 9.17) is 0 Å². The van der Waals surface area contributed by atoms with Crippen LogP contribution in [0.3, 0.4) is 0 Å². The highest BCUT2D eigenvalue weighted by Gasteiger charge is 2.35. The molecule has 0 unspecified atom stereocenters. The van der Waals surface area contributed by atoms with Gasteiger partial charge in [0.2, 0.25) is 11.8 Å². The van der Waals surface area contributed by atoms with Crippen molar-refractivity contribution in [1.82, 2.24) is 0 Å². The summed E-state index contributed by atoms with van der Waals surface area (Å²) in [4.78, 5) is 26.7. The molecule has 0 aliphatic carbocycles. The van der Waals surface area contributed by atoms with E-state index in [1.807, 2.05) is 55.5 Å². The number of nitrogens with one attached hydrogen (secondary N) is 1. The van der Waals surface area contributed by atoms with Crippen molar-refractivity contribution in [2.75, 3.05) is 16.8 Å². The highest BCUT2D eigenvalue weighted by Crippen LogP contribution is 2.28. The molecule has 1 saturated heterocycles. The maximum Gasteiger partial charge on any atom is 0.229 e. The van der Waals surface area contributed by atoms with Gasteiger partial charge in [-0.25, -0.2) is 0 Å². The molecule has 1 atom stereocenters. The average molecular weight is 336 g/mol. The summed E-state index contributed by atoms with van der Waals surface area (Å²) in [6, 6.07) is 15.7. The number of aryl methyl sites for hydroxylation is 1. The second kappa shape index (κ2) is 7.09. The number of rotatable bonds is 4. The van der Waals surface area contributed by atoms with Crippen LogP contribution in [-0.4, -0.2) is 18.4 Å². The Hall–Kier alpha value is -2.62. The van der Waals surface area contributed by atoms with Crippen LogP contribution in [0, 0.1) is 12.8 Å². The number of benzene rings is 2. The molecule has 2 amide bonds. The van der Waals surface area contributed by atoms with Gasteiger partial charge in [-0.15, -0.1) is 0 Å². The van der Waals surface area contributed by atoms with Gasteiger partial charge in [-0.2, -0.15) is 0 Å². The Morgan fingerprint density at radius 2 is 1.80 bits per heavy atom. The lowest BCUT2D eigenvalue weighted by molar-refractivity contribution is -0.122. The van der Waals surface area contributed by atoms with E-state index in [2.05, 4.69) is 19.2 Å². The van der Waals surface area contributed by atoms with E-state index in [1.54, 1.807) is 4.90 Å². The molecule has 1 fully saturated rings.